The molecule has 5 aromatic rings. The molecule has 3 aromatic carbocycles. The molecule has 0 aliphatic carbocycles. The monoisotopic (exact) mass is 629 g/mol. The largest absolute Gasteiger partial charge is 0.489 e. The van der Waals surface area contributed by atoms with Crippen molar-refractivity contribution in [1.82, 2.24) is 5.16 Å². The molecule has 2 N–H and O–H groups in total. The predicted molar refractivity (Wildman–Crippen MR) is 153 cm³/mol. The average Bonchev–Trinajstić information content (AvgIpc) is 3.58. The van der Waals surface area contributed by atoms with Gasteiger partial charge in [-0.05, 0) is 71.1 Å². The molecule has 11 nitrogen and oxygen atoms in total. The molecular weight excluding hydrogens is 611 g/mol. The van der Waals surface area contributed by atoms with Crippen molar-refractivity contribution in [1.29, 1.82) is 0 Å². The van der Waals surface area contributed by atoms with Crippen LogP contribution in [-0.4, -0.2) is 32.8 Å². The van der Waals surface area contributed by atoms with E-state index in [2.05, 4.69) is 9.79 Å². The summed E-state index contributed by atoms with van der Waals surface area (Å²) in [5.41, 5.74) is 7.21. The molecule has 0 amide bonds. The number of hydrogen-bond donors (Lipinski definition) is 1. The topological polar surface area (TPSA) is 158 Å². The smallest absolute Gasteiger partial charge is 0.415 e. The van der Waals surface area contributed by atoms with Crippen molar-refractivity contribution in [2.45, 2.75) is 9.92 Å². The van der Waals surface area contributed by atoms with Crippen LogP contribution in [0.1, 0.15) is 10.4 Å². The van der Waals surface area contributed by atoms with E-state index in [0.717, 1.165) is 14.3 Å². The third kappa shape index (κ3) is 6.38. The maximum Gasteiger partial charge on any atom is 0.415 e. The van der Waals surface area contributed by atoms with Crippen LogP contribution in [0.3, 0.4) is 0 Å². The Bertz CT molecular complexity index is 1850. The van der Waals surface area contributed by atoms with E-state index in [9.17, 15) is 18.4 Å². The number of sulfone groups is 1. The minimum Gasteiger partial charge on any atom is -0.489 e. The van der Waals surface area contributed by atoms with Gasteiger partial charge in [-0.3, -0.25) is 4.63 Å². The summed E-state index contributed by atoms with van der Waals surface area (Å²) >= 11 is 5.18. The fourth-order valence-corrected chi connectivity index (χ4v) is 7.28. The molecule has 0 atom stereocenters. The van der Waals surface area contributed by atoms with Gasteiger partial charge in [-0.1, -0.05) is 51.1 Å². The van der Waals surface area contributed by atoms with E-state index in [0.29, 0.717) is 11.4 Å². The SMILES string of the molecule is Nc1ccc(OCCOc2no[n+]([O-])c2S(=O)(=O)c2ccccc2)c(C(=O)Oc2ccc(-c3cc(=S)ss3)cc2)c1. The number of aromatic nitrogens is 2. The summed E-state index contributed by atoms with van der Waals surface area (Å²) in [6, 6.07) is 20.7. The number of rotatable bonds is 10. The third-order valence-electron chi connectivity index (χ3n) is 5.47. The van der Waals surface area contributed by atoms with Crippen LogP contribution < -0.4 is 24.8 Å². The number of carbonyl (C=O) groups is 1. The van der Waals surface area contributed by atoms with Gasteiger partial charge < -0.3 is 25.2 Å². The van der Waals surface area contributed by atoms with E-state index in [1.54, 1.807) is 34.6 Å². The van der Waals surface area contributed by atoms with Crippen molar-refractivity contribution >= 4 is 54.4 Å². The zero-order valence-corrected chi connectivity index (χ0v) is 24.1. The van der Waals surface area contributed by atoms with Crippen LogP contribution in [0.25, 0.3) is 10.4 Å². The molecule has 0 fully saturated rings. The second kappa shape index (κ2) is 12.1. The molecule has 0 aliphatic heterocycles. The van der Waals surface area contributed by atoms with Gasteiger partial charge in [-0.2, -0.15) is 0 Å². The van der Waals surface area contributed by atoms with Crippen molar-refractivity contribution in [3.8, 4) is 27.8 Å². The Balaban J connectivity index is 1.24. The quantitative estimate of drug-likeness (QED) is 0.0425. The minimum atomic E-state index is -4.27. The molecule has 5 rings (SSSR count). The first-order chi connectivity index (χ1) is 19.7. The van der Waals surface area contributed by atoms with Crippen LogP contribution in [0.4, 0.5) is 5.69 Å². The molecule has 0 radical (unpaired) electrons. The first-order valence-corrected chi connectivity index (χ1v) is 15.7. The number of hydrogen-bond acceptors (Lipinski definition) is 13. The second-order valence-electron chi connectivity index (χ2n) is 8.22. The van der Waals surface area contributed by atoms with E-state index >= 15 is 0 Å². The number of esters is 1. The van der Waals surface area contributed by atoms with Gasteiger partial charge in [0, 0.05) is 10.6 Å². The van der Waals surface area contributed by atoms with Gasteiger partial charge in [0.25, 0.3) is 9.84 Å². The van der Waals surface area contributed by atoms with Crippen LogP contribution in [0.15, 0.2) is 93.4 Å². The molecule has 0 spiro atoms. The van der Waals surface area contributed by atoms with Gasteiger partial charge >= 0.3 is 16.9 Å². The van der Waals surface area contributed by atoms with E-state index in [1.165, 1.54) is 46.7 Å². The van der Waals surface area contributed by atoms with Crippen LogP contribution in [0.5, 0.6) is 17.4 Å². The highest BCUT2D eigenvalue weighted by molar-refractivity contribution is 7.91. The molecule has 210 valence electrons. The lowest BCUT2D eigenvalue weighted by Crippen LogP contribution is -2.31. The van der Waals surface area contributed by atoms with Crippen LogP contribution in [0, 0.1) is 9.03 Å². The molecule has 2 aromatic heterocycles. The normalized spacial score (nSPS) is 11.2. The maximum atomic E-state index is 13.0. The summed E-state index contributed by atoms with van der Waals surface area (Å²) in [6.45, 7) is -0.387. The molecule has 0 saturated carbocycles. The van der Waals surface area contributed by atoms with Gasteiger partial charge in [0.1, 0.15) is 34.1 Å². The zero-order valence-electron chi connectivity index (χ0n) is 20.8. The fraction of sp³-hybridized carbons (Fsp3) is 0.0769. The van der Waals surface area contributed by atoms with Gasteiger partial charge in [0.05, 0.1) is 10.1 Å². The number of ether oxygens (including phenoxy) is 3. The van der Waals surface area contributed by atoms with Gasteiger partial charge in [0.2, 0.25) is 0 Å². The van der Waals surface area contributed by atoms with Crippen molar-refractivity contribution < 1.29 is 37.0 Å². The highest BCUT2D eigenvalue weighted by Crippen LogP contribution is 2.31. The van der Waals surface area contributed by atoms with E-state index < -0.39 is 26.7 Å². The minimum absolute atomic E-state index is 0.0658. The highest BCUT2D eigenvalue weighted by atomic mass is 32.9. The standard InChI is InChI=1S/C26H19N3O8S4/c27-17-8-11-21(20(14-17)26(30)36-18-9-6-16(7-10-18)22-15-23(38)40-39-22)34-12-13-35-24-25(29(31)37-28-24)41(32,33)19-4-2-1-3-5-19/h1-11,14-15H,12-13,27H2. The Morgan fingerprint density at radius 2 is 1.73 bits per heavy atom. The average molecular weight is 630 g/mol. The lowest BCUT2D eigenvalue weighted by molar-refractivity contribution is -0.832. The molecule has 0 unspecified atom stereocenters. The van der Waals surface area contributed by atoms with Gasteiger partial charge in [0.15, 0.2) is 0 Å². The summed E-state index contributed by atoms with van der Waals surface area (Å²) in [4.78, 5) is 13.6. The summed E-state index contributed by atoms with van der Waals surface area (Å²) in [7, 11) is -1.19. The fourth-order valence-electron chi connectivity index (χ4n) is 3.59. The molecule has 41 heavy (non-hydrogen) atoms. The molecule has 0 bridgehead atoms. The first kappa shape index (κ1) is 28.2. The predicted octanol–water partition coefficient (Wildman–Crippen LogP) is 4.92. The van der Waals surface area contributed by atoms with Gasteiger partial charge in [-0.15, -0.1) is 0 Å². The van der Waals surface area contributed by atoms with Crippen molar-refractivity contribution in [3.63, 3.8) is 0 Å². The Morgan fingerprint density at radius 1 is 1.00 bits per heavy atom. The Morgan fingerprint density at radius 3 is 2.44 bits per heavy atom. The molecule has 2 heterocycles. The summed E-state index contributed by atoms with van der Waals surface area (Å²) < 4.78 is 47.6. The Kier molecular flexibility index (Phi) is 8.30. The van der Waals surface area contributed by atoms with Crippen molar-refractivity contribution in [3.05, 3.63) is 93.5 Å². The number of nitrogens with zero attached hydrogens (tertiary/aromatic N) is 2. The van der Waals surface area contributed by atoms with Gasteiger partial charge in [-0.25, -0.2) is 13.2 Å². The number of benzene rings is 3. The lowest BCUT2D eigenvalue weighted by Gasteiger charge is -2.12. The van der Waals surface area contributed by atoms with Crippen molar-refractivity contribution in [2.75, 3.05) is 18.9 Å². The first-order valence-electron chi connectivity index (χ1n) is 11.7. The van der Waals surface area contributed by atoms with Crippen LogP contribution in [-0.2, 0) is 9.84 Å². The maximum absolute atomic E-state index is 13.0. The highest BCUT2D eigenvalue weighted by Gasteiger charge is 2.35. The second-order valence-corrected chi connectivity index (χ2v) is 13.0. The number of carbonyl (C=O) groups excluding carboxylic acids is 1. The molecule has 0 saturated heterocycles. The van der Waals surface area contributed by atoms with E-state index in [1.807, 2.05) is 18.2 Å². The summed E-state index contributed by atoms with van der Waals surface area (Å²) in [5, 5.41) is 14.6. The van der Waals surface area contributed by atoms with E-state index in [-0.39, 0.29) is 34.3 Å². The summed E-state index contributed by atoms with van der Waals surface area (Å²) in [6.07, 6.45) is 0. The van der Waals surface area contributed by atoms with Crippen LogP contribution >= 0.6 is 32.9 Å². The van der Waals surface area contributed by atoms with E-state index in [4.69, 9.17) is 32.2 Å². The number of nitrogen functional groups attached to an aromatic ring is 1. The van der Waals surface area contributed by atoms with Crippen LogP contribution in [0.2, 0.25) is 0 Å². The molecule has 15 heteroatoms. The molecular formula is C26H19N3O8S4. The summed E-state index contributed by atoms with van der Waals surface area (Å²) in [5.74, 6) is -0.760. The van der Waals surface area contributed by atoms with Crippen molar-refractivity contribution in [2.24, 2.45) is 0 Å². The number of anilines is 1. The number of nitrogens with two attached hydrogens (primary N) is 1. The Hall–Kier alpha value is -4.31. The Labute approximate surface area is 245 Å². The third-order valence-corrected chi connectivity index (χ3v) is 10.1. The lowest BCUT2D eigenvalue weighted by atomic mass is 10.1. The zero-order chi connectivity index (χ0) is 29.0. The molecule has 0 aliphatic rings.